The van der Waals surface area contributed by atoms with Crippen LogP contribution in [0.5, 0.6) is 0 Å². The van der Waals surface area contributed by atoms with E-state index in [-0.39, 0.29) is 0 Å². The smallest absolute Gasteiger partial charge is 0.164 e. The van der Waals surface area contributed by atoms with Crippen LogP contribution in [-0.4, -0.2) is 15.0 Å². The minimum atomic E-state index is 0.607. The lowest BCUT2D eigenvalue weighted by molar-refractivity contribution is 1.07. The van der Waals surface area contributed by atoms with E-state index in [0.717, 1.165) is 72.3 Å². The standard InChI is InChI=1S/C57H39N3/c1-7-21-40(22-8-1)41-35-37-47(38-36-41)56-58-55(46-31-17-6-18-32-46)59-57(60-56)49-34-20-19-33-48(49)51-39-50(42-23-9-2-10-24-42)52(43-25-11-3-12-26-43)54(45-29-15-5-16-30-45)53(51)44-27-13-4-14-28-44/h1-39H. The van der Waals surface area contributed by atoms with Crippen LogP contribution < -0.4 is 0 Å². The number of aromatic nitrogens is 3. The first-order chi connectivity index (χ1) is 29.8. The second-order valence-electron chi connectivity index (χ2n) is 14.7. The molecule has 282 valence electrons. The summed E-state index contributed by atoms with van der Waals surface area (Å²) < 4.78 is 0. The topological polar surface area (TPSA) is 38.7 Å². The molecule has 0 aliphatic rings. The summed E-state index contributed by atoms with van der Waals surface area (Å²) in [7, 11) is 0. The SMILES string of the molecule is c1ccc(-c2ccc(-c3nc(-c4ccccc4)nc(-c4ccccc4-c4cc(-c5ccccc5)c(-c5ccccc5)c(-c5ccccc5)c4-c4ccccc4)n3)cc2)cc1. The number of nitrogens with zero attached hydrogens (tertiary/aromatic N) is 3. The van der Waals surface area contributed by atoms with Gasteiger partial charge < -0.3 is 0 Å². The number of benzene rings is 9. The normalized spacial score (nSPS) is 11.0. The third-order valence-corrected chi connectivity index (χ3v) is 11.0. The van der Waals surface area contributed by atoms with Crippen molar-refractivity contribution in [2.24, 2.45) is 0 Å². The lowest BCUT2D eigenvalue weighted by atomic mass is 9.78. The van der Waals surface area contributed by atoms with Gasteiger partial charge in [0, 0.05) is 16.7 Å². The average molecular weight is 766 g/mol. The van der Waals surface area contributed by atoms with Gasteiger partial charge in [0.2, 0.25) is 0 Å². The summed E-state index contributed by atoms with van der Waals surface area (Å²) in [5.41, 5.74) is 16.4. The van der Waals surface area contributed by atoms with Gasteiger partial charge in [0.25, 0.3) is 0 Å². The molecule has 0 saturated carbocycles. The second-order valence-corrected chi connectivity index (χ2v) is 14.7. The maximum Gasteiger partial charge on any atom is 0.164 e. The van der Waals surface area contributed by atoms with Crippen LogP contribution in [0.25, 0.3) is 101 Å². The van der Waals surface area contributed by atoms with Crippen molar-refractivity contribution in [3.63, 3.8) is 0 Å². The lowest BCUT2D eigenvalue weighted by Crippen LogP contribution is -2.02. The van der Waals surface area contributed by atoms with Gasteiger partial charge in [0.1, 0.15) is 0 Å². The highest BCUT2D eigenvalue weighted by Crippen LogP contribution is 2.51. The molecule has 10 aromatic rings. The quantitative estimate of drug-likeness (QED) is 0.147. The molecule has 60 heavy (non-hydrogen) atoms. The molecule has 0 amide bonds. The Labute approximate surface area is 351 Å². The maximum atomic E-state index is 5.29. The zero-order valence-corrected chi connectivity index (χ0v) is 32.9. The molecule has 0 fully saturated rings. The first-order valence-electron chi connectivity index (χ1n) is 20.3. The van der Waals surface area contributed by atoms with Gasteiger partial charge in [0.05, 0.1) is 0 Å². The van der Waals surface area contributed by atoms with E-state index in [1.807, 2.05) is 24.3 Å². The van der Waals surface area contributed by atoms with Crippen molar-refractivity contribution < 1.29 is 0 Å². The molecule has 10 rings (SSSR count). The van der Waals surface area contributed by atoms with Crippen LogP contribution in [-0.2, 0) is 0 Å². The highest BCUT2D eigenvalue weighted by molar-refractivity contribution is 6.08. The largest absolute Gasteiger partial charge is 0.208 e. The summed E-state index contributed by atoms with van der Waals surface area (Å²) in [6.07, 6.45) is 0. The molecule has 0 unspecified atom stereocenters. The first kappa shape index (κ1) is 36.3. The van der Waals surface area contributed by atoms with Gasteiger partial charge in [-0.15, -0.1) is 0 Å². The number of rotatable bonds is 9. The molecule has 0 N–H and O–H groups in total. The summed E-state index contributed by atoms with van der Waals surface area (Å²) in [6.45, 7) is 0. The van der Waals surface area contributed by atoms with Crippen LogP contribution in [0.3, 0.4) is 0 Å². The van der Waals surface area contributed by atoms with Gasteiger partial charge in [-0.3, -0.25) is 0 Å². The number of hydrogen-bond acceptors (Lipinski definition) is 3. The third kappa shape index (κ3) is 7.21. The van der Waals surface area contributed by atoms with Crippen LogP contribution in [0.2, 0.25) is 0 Å². The Morgan fingerprint density at radius 1 is 0.183 bits per heavy atom. The Kier molecular flexibility index (Phi) is 9.97. The maximum absolute atomic E-state index is 5.29. The third-order valence-electron chi connectivity index (χ3n) is 11.0. The molecule has 0 aliphatic carbocycles. The van der Waals surface area contributed by atoms with Gasteiger partial charge in [-0.2, -0.15) is 0 Å². The molecule has 1 heterocycles. The highest BCUT2D eigenvalue weighted by atomic mass is 15.0. The summed E-state index contributed by atoms with van der Waals surface area (Å²) in [4.78, 5) is 15.7. The summed E-state index contributed by atoms with van der Waals surface area (Å²) >= 11 is 0. The van der Waals surface area contributed by atoms with Crippen molar-refractivity contribution in [3.05, 3.63) is 237 Å². The van der Waals surface area contributed by atoms with Crippen LogP contribution in [0.15, 0.2) is 237 Å². The Balaban J connectivity index is 1.26. The van der Waals surface area contributed by atoms with Crippen LogP contribution >= 0.6 is 0 Å². The zero-order chi connectivity index (χ0) is 40.1. The highest BCUT2D eigenvalue weighted by Gasteiger charge is 2.25. The molecule has 3 nitrogen and oxygen atoms in total. The van der Waals surface area contributed by atoms with E-state index in [9.17, 15) is 0 Å². The van der Waals surface area contributed by atoms with Crippen molar-refractivity contribution in [2.45, 2.75) is 0 Å². The Bertz CT molecular complexity index is 3020. The Hall–Kier alpha value is -8.01. The van der Waals surface area contributed by atoms with Gasteiger partial charge in [-0.05, 0) is 72.8 Å². The fourth-order valence-corrected chi connectivity index (χ4v) is 8.14. The van der Waals surface area contributed by atoms with Crippen LogP contribution in [0.4, 0.5) is 0 Å². The summed E-state index contributed by atoms with van der Waals surface area (Å²) in [5, 5.41) is 0. The summed E-state index contributed by atoms with van der Waals surface area (Å²) in [6, 6.07) is 83.1. The first-order valence-corrected chi connectivity index (χ1v) is 20.3. The molecule has 9 aromatic carbocycles. The molecule has 0 radical (unpaired) electrons. The average Bonchev–Trinajstić information content (AvgIpc) is 3.35. The molecule has 3 heteroatoms. The van der Waals surface area contributed by atoms with Crippen molar-refractivity contribution in [1.29, 1.82) is 0 Å². The second kappa shape index (κ2) is 16.5. The van der Waals surface area contributed by atoms with Gasteiger partial charge in [-0.25, -0.2) is 15.0 Å². The van der Waals surface area contributed by atoms with E-state index in [1.165, 1.54) is 11.1 Å². The van der Waals surface area contributed by atoms with Crippen LogP contribution in [0.1, 0.15) is 0 Å². The predicted molar refractivity (Wildman–Crippen MR) is 249 cm³/mol. The van der Waals surface area contributed by atoms with Crippen molar-refractivity contribution >= 4 is 0 Å². The molecular weight excluding hydrogens is 727 g/mol. The molecular formula is C57H39N3. The predicted octanol–water partition coefficient (Wildman–Crippen LogP) is 14.9. The van der Waals surface area contributed by atoms with Crippen LogP contribution in [0, 0.1) is 0 Å². The van der Waals surface area contributed by atoms with Crippen molar-refractivity contribution in [1.82, 2.24) is 15.0 Å². The fraction of sp³-hybridized carbons (Fsp3) is 0. The van der Waals surface area contributed by atoms with Gasteiger partial charge >= 0.3 is 0 Å². The minimum Gasteiger partial charge on any atom is -0.208 e. The van der Waals surface area contributed by atoms with Gasteiger partial charge in [0.15, 0.2) is 17.5 Å². The van der Waals surface area contributed by atoms with E-state index < -0.39 is 0 Å². The van der Waals surface area contributed by atoms with E-state index in [1.54, 1.807) is 0 Å². The molecule has 0 spiro atoms. The fourth-order valence-electron chi connectivity index (χ4n) is 8.14. The Morgan fingerprint density at radius 3 is 1.00 bits per heavy atom. The molecule has 0 saturated heterocycles. The molecule has 1 aromatic heterocycles. The molecule has 0 aliphatic heterocycles. The number of hydrogen-bond donors (Lipinski definition) is 0. The monoisotopic (exact) mass is 765 g/mol. The van der Waals surface area contributed by atoms with Crippen molar-refractivity contribution in [3.8, 4) is 101 Å². The van der Waals surface area contributed by atoms with E-state index >= 15 is 0 Å². The molecule has 0 bridgehead atoms. The van der Waals surface area contributed by atoms with E-state index in [4.69, 9.17) is 15.0 Å². The lowest BCUT2D eigenvalue weighted by Gasteiger charge is -2.25. The van der Waals surface area contributed by atoms with E-state index in [2.05, 4.69) is 212 Å². The minimum absolute atomic E-state index is 0.607. The molecule has 0 atom stereocenters. The van der Waals surface area contributed by atoms with E-state index in [0.29, 0.717) is 17.5 Å². The Morgan fingerprint density at radius 2 is 0.500 bits per heavy atom. The van der Waals surface area contributed by atoms with Crippen molar-refractivity contribution in [2.75, 3.05) is 0 Å². The van der Waals surface area contributed by atoms with Gasteiger partial charge in [-0.1, -0.05) is 231 Å². The summed E-state index contributed by atoms with van der Waals surface area (Å²) in [5.74, 6) is 1.84. The zero-order valence-electron chi connectivity index (χ0n) is 32.9.